The van der Waals surface area contributed by atoms with E-state index in [1.807, 2.05) is 91.0 Å². The number of carboxylic acids is 1. The zero-order chi connectivity index (χ0) is 49.3. The van der Waals surface area contributed by atoms with E-state index in [1.54, 1.807) is 0 Å². The molecule has 5 aromatic rings. The molecule has 0 bridgehead atoms. The van der Waals surface area contributed by atoms with Crippen molar-refractivity contribution in [1.82, 2.24) is 0 Å². The van der Waals surface area contributed by atoms with Crippen LogP contribution in [0.5, 0.6) is 0 Å². The third-order valence-corrected chi connectivity index (χ3v) is 18.6. The molecule has 378 valence electrons. The van der Waals surface area contributed by atoms with Crippen molar-refractivity contribution in [1.29, 1.82) is 0 Å². The average Bonchev–Trinajstić information content (AvgIpc) is 3.37. The van der Waals surface area contributed by atoms with Gasteiger partial charge in [0.1, 0.15) is 24.4 Å². The third-order valence-electron chi connectivity index (χ3n) is 13.5. The molecule has 1 fully saturated rings. The summed E-state index contributed by atoms with van der Waals surface area (Å²) >= 11 is 0. The molecule has 0 amide bonds. The molecule has 6 rings (SSSR count). The van der Waals surface area contributed by atoms with E-state index in [0.717, 1.165) is 55.4 Å². The lowest BCUT2D eigenvalue weighted by Crippen LogP contribution is -2.66. The summed E-state index contributed by atoms with van der Waals surface area (Å²) in [5, 5.41) is 23.4. The number of carbonyl (C=O) groups is 1. The van der Waals surface area contributed by atoms with Crippen LogP contribution in [0, 0.1) is 0 Å². The first-order valence-corrected chi connectivity index (χ1v) is 27.9. The fourth-order valence-electron chi connectivity index (χ4n) is 9.83. The summed E-state index contributed by atoms with van der Waals surface area (Å²) in [7, 11) is -2.48. The summed E-state index contributed by atoms with van der Waals surface area (Å²) in [5.74, 6) is -0.939. The van der Waals surface area contributed by atoms with E-state index in [-0.39, 0.29) is 37.9 Å². The Kier molecular flexibility index (Phi) is 23.3. The van der Waals surface area contributed by atoms with Gasteiger partial charge in [0.2, 0.25) is 0 Å². The largest absolute Gasteiger partial charge is 0.481 e. The summed E-state index contributed by atoms with van der Waals surface area (Å²) in [6.45, 7) is 8.25. The Balaban J connectivity index is 0.948. The standard InChI is InChI=1S/C60H80O9Si/c1-60(2,3)70(52-38-26-17-27-39-52,53-40-28-18-29-41-53)67-42-30-13-11-9-7-5-4-6-8-10-12-25-37-51(43-55(62)63)68-59-58(66-47-50-35-23-16-24-36-50)57(65-46-49-33-21-15-22-34-49)56(54(44-61)69-59)64-45-48-31-19-14-20-32-48/h14-24,26-29,31-36,38-41,51,54,56-59,61H,4-13,25,30,37,42-47H2,1-3H3,(H,62,63)/t51-,54-,56-,57+,58-,59-/m1/s1. The van der Waals surface area contributed by atoms with Crippen molar-refractivity contribution in [3.05, 3.63) is 168 Å². The summed E-state index contributed by atoms with van der Waals surface area (Å²) < 4.78 is 40.1. The van der Waals surface area contributed by atoms with Crippen LogP contribution in [0.25, 0.3) is 0 Å². The van der Waals surface area contributed by atoms with E-state index < -0.39 is 51.1 Å². The van der Waals surface area contributed by atoms with Gasteiger partial charge in [-0.25, -0.2) is 0 Å². The predicted octanol–water partition coefficient (Wildman–Crippen LogP) is 12.0. The van der Waals surface area contributed by atoms with Gasteiger partial charge in [-0.2, -0.15) is 0 Å². The van der Waals surface area contributed by atoms with Crippen molar-refractivity contribution in [3.8, 4) is 0 Å². The Labute approximate surface area is 420 Å². The van der Waals surface area contributed by atoms with Gasteiger partial charge in [-0.3, -0.25) is 4.79 Å². The van der Waals surface area contributed by atoms with Crippen LogP contribution in [0.15, 0.2) is 152 Å². The minimum absolute atomic E-state index is 0.000663. The SMILES string of the molecule is CC(C)(C)[Si](OCCCCCCCCCCCCCC[C@H](CC(=O)O)O[C@@H]1O[C@H](CO)[C@@H](OCc2ccccc2)[C@H](OCc2ccccc2)[C@H]1OCc1ccccc1)(c1ccccc1)c1ccccc1. The van der Waals surface area contributed by atoms with Crippen LogP contribution in [0.3, 0.4) is 0 Å². The molecule has 1 aliphatic heterocycles. The molecule has 6 atom stereocenters. The molecule has 1 saturated heterocycles. The number of ether oxygens (including phenoxy) is 5. The van der Waals surface area contributed by atoms with E-state index in [4.69, 9.17) is 28.1 Å². The Morgan fingerprint density at radius 1 is 0.543 bits per heavy atom. The summed E-state index contributed by atoms with van der Waals surface area (Å²) in [4.78, 5) is 12.2. The van der Waals surface area contributed by atoms with Crippen molar-refractivity contribution >= 4 is 24.7 Å². The normalized spacial score (nSPS) is 18.9. The van der Waals surface area contributed by atoms with Crippen LogP contribution < -0.4 is 10.4 Å². The minimum atomic E-state index is -2.48. The Hall–Kier alpha value is -4.49. The Morgan fingerprint density at radius 2 is 0.929 bits per heavy atom. The first-order chi connectivity index (χ1) is 34.2. The molecule has 9 nitrogen and oxygen atoms in total. The van der Waals surface area contributed by atoms with E-state index in [1.165, 1.54) is 55.3 Å². The van der Waals surface area contributed by atoms with Crippen molar-refractivity contribution in [2.45, 2.75) is 172 Å². The number of hydrogen-bond donors (Lipinski definition) is 2. The molecule has 2 N–H and O–H groups in total. The molecular formula is C60H80O9Si. The molecular weight excluding hydrogens is 893 g/mol. The van der Waals surface area contributed by atoms with Gasteiger partial charge in [0.05, 0.1) is 39.0 Å². The number of benzene rings is 5. The van der Waals surface area contributed by atoms with Gasteiger partial charge in [0.25, 0.3) is 8.32 Å². The fraction of sp³-hybridized carbons (Fsp3) is 0.483. The first-order valence-electron chi connectivity index (χ1n) is 26.0. The van der Waals surface area contributed by atoms with Crippen molar-refractivity contribution in [2.75, 3.05) is 13.2 Å². The molecule has 1 aliphatic rings. The van der Waals surface area contributed by atoms with Gasteiger partial charge in [0, 0.05) is 6.61 Å². The van der Waals surface area contributed by atoms with Crippen LogP contribution in [0.2, 0.25) is 5.04 Å². The van der Waals surface area contributed by atoms with Gasteiger partial charge in [-0.1, -0.05) is 243 Å². The highest BCUT2D eigenvalue weighted by Gasteiger charge is 2.51. The number of aliphatic carboxylic acids is 1. The Bertz CT molecular complexity index is 2100. The van der Waals surface area contributed by atoms with E-state index in [2.05, 4.69) is 81.4 Å². The van der Waals surface area contributed by atoms with Crippen molar-refractivity contribution < 1.29 is 43.1 Å². The average molecular weight is 973 g/mol. The molecule has 1 heterocycles. The van der Waals surface area contributed by atoms with E-state index in [9.17, 15) is 15.0 Å². The van der Waals surface area contributed by atoms with E-state index in [0.29, 0.717) is 6.42 Å². The number of aliphatic hydroxyl groups is 1. The Morgan fingerprint density at radius 3 is 1.34 bits per heavy atom. The van der Waals surface area contributed by atoms with Crippen LogP contribution in [-0.4, -0.2) is 74.5 Å². The minimum Gasteiger partial charge on any atom is -0.481 e. The highest BCUT2D eigenvalue weighted by Crippen LogP contribution is 2.37. The van der Waals surface area contributed by atoms with E-state index >= 15 is 0 Å². The number of rotatable bonds is 32. The molecule has 0 aromatic heterocycles. The lowest BCUT2D eigenvalue weighted by molar-refractivity contribution is -0.335. The molecule has 0 unspecified atom stereocenters. The number of carboxylic acid groups (broad SMARTS) is 1. The summed E-state index contributed by atoms with van der Waals surface area (Å²) in [5.41, 5.74) is 2.90. The van der Waals surface area contributed by atoms with Crippen LogP contribution in [-0.2, 0) is 52.7 Å². The lowest BCUT2D eigenvalue weighted by Gasteiger charge is -2.46. The molecule has 70 heavy (non-hydrogen) atoms. The third kappa shape index (κ3) is 17.1. The smallest absolute Gasteiger partial charge is 0.305 e. The van der Waals surface area contributed by atoms with Crippen LogP contribution >= 0.6 is 0 Å². The molecule has 0 spiro atoms. The fourth-order valence-corrected chi connectivity index (χ4v) is 14.4. The molecule has 10 heteroatoms. The van der Waals surface area contributed by atoms with Crippen LogP contribution in [0.4, 0.5) is 0 Å². The number of hydrogen-bond acceptors (Lipinski definition) is 8. The maximum Gasteiger partial charge on any atom is 0.305 e. The van der Waals surface area contributed by atoms with Gasteiger partial charge in [0.15, 0.2) is 6.29 Å². The quantitative estimate of drug-likeness (QED) is 0.0321. The van der Waals surface area contributed by atoms with Crippen LogP contribution in [0.1, 0.15) is 127 Å². The zero-order valence-corrected chi connectivity index (χ0v) is 43.1. The first kappa shape index (κ1) is 54.8. The lowest BCUT2D eigenvalue weighted by atomic mass is 9.97. The summed E-state index contributed by atoms with van der Waals surface area (Å²) in [6.07, 6.45) is 9.54. The maximum absolute atomic E-state index is 12.2. The van der Waals surface area contributed by atoms with Gasteiger partial charge < -0.3 is 38.3 Å². The van der Waals surface area contributed by atoms with Gasteiger partial charge in [-0.05, 0) is 44.9 Å². The highest BCUT2D eigenvalue weighted by atomic mass is 28.4. The second-order valence-electron chi connectivity index (χ2n) is 19.9. The maximum atomic E-state index is 12.2. The topological polar surface area (TPSA) is 113 Å². The number of aliphatic hydroxyl groups excluding tert-OH is 1. The van der Waals surface area contributed by atoms with Gasteiger partial charge in [-0.15, -0.1) is 0 Å². The highest BCUT2D eigenvalue weighted by molar-refractivity contribution is 6.99. The monoisotopic (exact) mass is 973 g/mol. The molecule has 5 aromatic carbocycles. The van der Waals surface area contributed by atoms with Crippen molar-refractivity contribution in [3.63, 3.8) is 0 Å². The molecule has 0 radical (unpaired) electrons. The number of unbranched alkanes of at least 4 members (excludes halogenated alkanes) is 11. The predicted molar refractivity (Wildman–Crippen MR) is 282 cm³/mol. The zero-order valence-electron chi connectivity index (χ0n) is 42.1. The molecule has 0 aliphatic carbocycles. The second kappa shape index (κ2) is 29.8. The summed E-state index contributed by atoms with van der Waals surface area (Å²) in [6, 6.07) is 51.4. The van der Waals surface area contributed by atoms with Gasteiger partial charge >= 0.3 is 5.97 Å². The van der Waals surface area contributed by atoms with Crippen molar-refractivity contribution in [2.24, 2.45) is 0 Å². The second-order valence-corrected chi connectivity index (χ2v) is 24.2. The molecule has 0 saturated carbocycles.